The first-order chi connectivity index (χ1) is 15.1. The molecule has 0 radical (unpaired) electrons. The van der Waals surface area contributed by atoms with Crippen LogP contribution in [0.15, 0.2) is 30.5 Å². The van der Waals surface area contributed by atoms with Crippen molar-refractivity contribution in [1.82, 2.24) is 14.6 Å². The van der Waals surface area contributed by atoms with Crippen molar-refractivity contribution < 1.29 is 27.8 Å². The Balaban J connectivity index is 2.07. The van der Waals surface area contributed by atoms with E-state index in [2.05, 4.69) is 10.1 Å². The molecule has 2 heterocycles. The summed E-state index contributed by atoms with van der Waals surface area (Å²) in [4.78, 5) is 30.3. The van der Waals surface area contributed by atoms with Crippen LogP contribution in [0.25, 0.3) is 16.8 Å². The lowest BCUT2D eigenvalue weighted by atomic mass is 10.1. The number of anilines is 1. The normalized spacial score (nSPS) is 12.0. The van der Waals surface area contributed by atoms with E-state index in [0.29, 0.717) is 4.90 Å². The molecule has 3 rings (SSSR count). The lowest BCUT2D eigenvalue weighted by Gasteiger charge is -2.26. The van der Waals surface area contributed by atoms with Gasteiger partial charge in [-0.05, 0) is 71.4 Å². The number of benzene rings is 1. The second kappa shape index (κ2) is 8.58. The summed E-state index contributed by atoms with van der Waals surface area (Å²) in [6, 6.07) is 5.02. The lowest BCUT2D eigenvalue weighted by Crippen LogP contribution is -2.44. The van der Waals surface area contributed by atoms with Gasteiger partial charge in [0.1, 0.15) is 11.2 Å². The summed E-state index contributed by atoms with van der Waals surface area (Å²) in [5.41, 5.74) is -1.47. The van der Waals surface area contributed by atoms with Crippen LogP contribution in [-0.4, -0.2) is 38.0 Å². The average Bonchev–Trinajstić information content (AvgIpc) is 3.04. The molecule has 2 aromatic heterocycles. The van der Waals surface area contributed by atoms with Crippen molar-refractivity contribution >= 4 is 35.4 Å². The minimum Gasteiger partial charge on any atom is -0.443 e. The molecule has 0 saturated heterocycles. The van der Waals surface area contributed by atoms with Crippen LogP contribution in [0.4, 0.5) is 24.3 Å². The molecule has 0 aliphatic carbocycles. The summed E-state index contributed by atoms with van der Waals surface area (Å²) in [5, 5.41) is 4.16. The molecular formula is C22H23ClF2N4O4. The Hall–Kier alpha value is -3.27. The number of carbonyl (C=O) groups is 2. The van der Waals surface area contributed by atoms with Crippen LogP contribution in [0.5, 0.6) is 0 Å². The zero-order valence-corrected chi connectivity index (χ0v) is 19.7. The maximum atomic E-state index is 14.3. The van der Waals surface area contributed by atoms with Crippen molar-refractivity contribution in [3.63, 3.8) is 0 Å². The van der Waals surface area contributed by atoms with Crippen LogP contribution in [0.3, 0.4) is 0 Å². The number of fused-ring (bicyclic) bond motifs is 1. The van der Waals surface area contributed by atoms with E-state index >= 15 is 0 Å². The highest BCUT2D eigenvalue weighted by Gasteiger charge is 2.35. The molecule has 0 aliphatic heterocycles. The van der Waals surface area contributed by atoms with Crippen molar-refractivity contribution in [1.29, 1.82) is 0 Å². The Morgan fingerprint density at radius 3 is 2.12 bits per heavy atom. The van der Waals surface area contributed by atoms with Crippen molar-refractivity contribution in [2.24, 2.45) is 0 Å². The van der Waals surface area contributed by atoms with E-state index in [1.165, 1.54) is 28.9 Å². The minimum atomic E-state index is -1.10. The molecule has 0 bridgehead atoms. The molecule has 0 unspecified atom stereocenters. The molecule has 176 valence electrons. The average molecular weight is 481 g/mol. The van der Waals surface area contributed by atoms with E-state index in [4.69, 9.17) is 21.1 Å². The van der Waals surface area contributed by atoms with Gasteiger partial charge in [-0.2, -0.15) is 4.98 Å². The third kappa shape index (κ3) is 5.75. The largest absolute Gasteiger partial charge is 0.443 e. The first kappa shape index (κ1) is 24.4. The molecule has 0 atom stereocenters. The van der Waals surface area contributed by atoms with Crippen LogP contribution >= 0.6 is 11.6 Å². The molecular weight excluding hydrogens is 458 g/mol. The minimum absolute atomic E-state index is 0.0203. The summed E-state index contributed by atoms with van der Waals surface area (Å²) >= 11 is 5.86. The van der Waals surface area contributed by atoms with Gasteiger partial charge in [-0.3, -0.25) is 0 Å². The van der Waals surface area contributed by atoms with Crippen LogP contribution in [0, 0.1) is 11.6 Å². The first-order valence-electron chi connectivity index (χ1n) is 9.92. The summed E-state index contributed by atoms with van der Waals surface area (Å²) in [5.74, 6) is -2.48. The number of halogens is 3. The first-order valence-corrected chi connectivity index (χ1v) is 10.3. The van der Waals surface area contributed by atoms with Gasteiger partial charge in [0.25, 0.3) is 5.95 Å². The van der Waals surface area contributed by atoms with Gasteiger partial charge in [-0.25, -0.2) is 22.9 Å². The second-order valence-electron chi connectivity index (χ2n) is 9.18. The van der Waals surface area contributed by atoms with Gasteiger partial charge in [0.2, 0.25) is 0 Å². The van der Waals surface area contributed by atoms with E-state index in [-0.39, 0.29) is 27.7 Å². The number of ether oxygens (including phenoxy) is 2. The fourth-order valence-electron chi connectivity index (χ4n) is 2.75. The predicted molar refractivity (Wildman–Crippen MR) is 118 cm³/mol. The van der Waals surface area contributed by atoms with E-state index in [1.807, 2.05) is 0 Å². The Morgan fingerprint density at radius 1 is 1.00 bits per heavy atom. The predicted octanol–water partition coefficient (Wildman–Crippen LogP) is 6.00. The standard InChI is InChI=1S/C22H23ClF2N4O4/c1-21(2,3)32-19(30)29(20(31)33-22(4,5)6)18-26-16-9-12(7-8-28(16)27-18)14-10-13(23)11-15(24)17(14)25/h7-11H,1-6H3. The van der Waals surface area contributed by atoms with Crippen molar-refractivity contribution in [3.05, 3.63) is 47.1 Å². The molecule has 2 amide bonds. The Morgan fingerprint density at radius 2 is 1.58 bits per heavy atom. The van der Waals surface area contributed by atoms with Crippen LogP contribution in [0.2, 0.25) is 5.02 Å². The monoisotopic (exact) mass is 480 g/mol. The van der Waals surface area contributed by atoms with Gasteiger partial charge in [-0.1, -0.05) is 11.6 Å². The topological polar surface area (TPSA) is 86.0 Å². The number of hydrogen-bond acceptors (Lipinski definition) is 6. The van der Waals surface area contributed by atoms with E-state index in [0.717, 1.165) is 6.07 Å². The third-order valence-corrected chi connectivity index (χ3v) is 4.20. The lowest BCUT2D eigenvalue weighted by molar-refractivity contribution is 0.0427. The molecule has 33 heavy (non-hydrogen) atoms. The smallest absolute Gasteiger partial charge is 0.427 e. The Kier molecular flexibility index (Phi) is 6.34. The highest BCUT2D eigenvalue weighted by atomic mass is 35.5. The van der Waals surface area contributed by atoms with Gasteiger partial charge < -0.3 is 9.47 Å². The van der Waals surface area contributed by atoms with Crippen LogP contribution < -0.4 is 4.90 Å². The summed E-state index contributed by atoms with van der Waals surface area (Å²) in [6.07, 6.45) is -0.645. The van der Waals surface area contributed by atoms with E-state index in [9.17, 15) is 18.4 Å². The summed E-state index contributed by atoms with van der Waals surface area (Å²) in [6.45, 7) is 9.83. The maximum Gasteiger partial charge on any atom is 0.427 e. The van der Waals surface area contributed by atoms with E-state index in [1.54, 1.807) is 41.5 Å². The van der Waals surface area contributed by atoms with Gasteiger partial charge in [-0.15, -0.1) is 10.00 Å². The molecule has 11 heteroatoms. The molecule has 0 N–H and O–H groups in total. The van der Waals surface area contributed by atoms with Crippen molar-refractivity contribution in [2.45, 2.75) is 52.7 Å². The summed E-state index contributed by atoms with van der Waals surface area (Å²) < 4.78 is 40.0. The molecule has 0 saturated carbocycles. The zero-order chi connectivity index (χ0) is 24.7. The highest BCUT2D eigenvalue weighted by Crippen LogP contribution is 2.29. The molecule has 1 aromatic carbocycles. The molecule has 0 spiro atoms. The fraction of sp³-hybridized carbons (Fsp3) is 0.364. The van der Waals surface area contributed by atoms with Crippen LogP contribution in [-0.2, 0) is 9.47 Å². The number of nitrogens with zero attached hydrogens (tertiary/aromatic N) is 4. The molecule has 3 aromatic rings. The second-order valence-corrected chi connectivity index (χ2v) is 9.61. The number of aromatic nitrogens is 3. The number of amides is 2. The van der Waals surface area contributed by atoms with Crippen molar-refractivity contribution in [2.75, 3.05) is 4.90 Å². The van der Waals surface area contributed by atoms with E-state index < -0.39 is 35.0 Å². The third-order valence-electron chi connectivity index (χ3n) is 3.98. The molecule has 8 nitrogen and oxygen atoms in total. The number of imide groups is 1. The van der Waals surface area contributed by atoms with Crippen LogP contribution in [0.1, 0.15) is 41.5 Å². The fourth-order valence-corrected chi connectivity index (χ4v) is 2.96. The van der Waals surface area contributed by atoms with Crippen molar-refractivity contribution in [3.8, 4) is 11.1 Å². The number of rotatable bonds is 2. The SMILES string of the molecule is CC(C)(C)OC(=O)N(C(=O)OC(C)(C)C)c1nc2cc(-c3cc(Cl)cc(F)c3F)ccn2n1. The Labute approximate surface area is 194 Å². The number of carbonyl (C=O) groups excluding carboxylic acids is 2. The molecule has 0 fully saturated rings. The van der Waals surface area contributed by atoms with Gasteiger partial charge in [0, 0.05) is 16.8 Å². The van der Waals surface area contributed by atoms with Gasteiger partial charge in [0.05, 0.1) is 0 Å². The summed E-state index contributed by atoms with van der Waals surface area (Å²) in [7, 11) is 0. The van der Waals surface area contributed by atoms with Gasteiger partial charge in [0.15, 0.2) is 17.3 Å². The molecule has 0 aliphatic rings. The number of hydrogen-bond donors (Lipinski definition) is 0. The quantitative estimate of drug-likeness (QED) is 0.418. The van der Waals surface area contributed by atoms with Gasteiger partial charge >= 0.3 is 12.2 Å². The maximum absolute atomic E-state index is 14.3. The zero-order valence-electron chi connectivity index (χ0n) is 18.9. The number of pyridine rings is 1. The Bertz CT molecular complexity index is 1200. The highest BCUT2D eigenvalue weighted by molar-refractivity contribution is 6.30.